The number of thiophene rings is 1. The second-order valence-electron chi connectivity index (χ2n) is 2.54. The van der Waals surface area contributed by atoms with Gasteiger partial charge in [-0.15, -0.1) is 23.1 Å². The molecule has 68 valence electrons. The van der Waals surface area contributed by atoms with Gasteiger partial charge in [0.2, 0.25) is 0 Å². The van der Waals surface area contributed by atoms with Crippen molar-refractivity contribution in [2.24, 2.45) is 0 Å². The van der Waals surface area contributed by atoms with Crippen LogP contribution >= 0.6 is 46.3 Å². The van der Waals surface area contributed by atoms with E-state index < -0.39 is 0 Å². The number of fused-ring (bicyclic) bond motifs is 1. The Bertz CT molecular complexity index is 448. The van der Waals surface area contributed by atoms with E-state index >= 15 is 0 Å². The molecule has 1 aromatic heterocycles. The van der Waals surface area contributed by atoms with Crippen LogP contribution in [0, 0.1) is 0 Å². The lowest BCUT2D eigenvalue weighted by Gasteiger charge is -2.04. The van der Waals surface area contributed by atoms with E-state index in [1.54, 1.807) is 23.1 Å². The highest BCUT2D eigenvalue weighted by Gasteiger charge is 2.10. The van der Waals surface area contributed by atoms with Crippen molar-refractivity contribution in [3.8, 4) is 0 Å². The van der Waals surface area contributed by atoms with Crippen LogP contribution in [0.2, 0.25) is 10.0 Å². The number of benzene rings is 1. The van der Waals surface area contributed by atoms with Gasteiger partial charge in [-0.05, 0) is 23.8 Å². The van der Waals surface area contributed by atoms with Gasteiger partial charge in [0.05, 0.1) is 10.0 Å². The zero-order valence-electron chi connectivity index (χ0n) is 6.80. The molecule has 0 fully saturated rings. The molecule has 0 saturated carbocycles. The summed E-state index contributed by atoms with van der Waals surface area (Å²) in [5.74, 6) is 0. The van der Waals surface area contributed by atoms with E-state index in [0.717, 1.165) is 25.0 Å². The maximum atomic E-state index is 6.19. The molecule has 1 aromatic carbocycles. The summed E-state index contributed by atoms with van der Waals surface area (Å²) in [6.07, 6.45) is 1.98. The summed E-state index contributed by atoms with van der Waals surface area (Å²) in [6.45, 7) is 0. The Morgan fingerprint density at radius 3 is 2.85 bits per heavy atom. The Morgan fingerprint density at radius 1 is 1.38 bits per heavy atom. The van der Waals surface area contributed by atoms with Gasteiger partial charge < -0.3 is 0 Å². The summed E-state index contributed by atoms with van der Waals surface area (Å²) >= 11 is 15.5. The SMILES string of the molecule is CSc1c(Cl)cc2sccc2c1Cl. The quantitative estimate of drug-likeness (QED) is 0.646. The smallest absolute Gasteiger partial charge is 0.0643 e. The molecular formula is C9H6Cl2S2. The van der Waals surface area contributed by atoms with E-state index in [2.05, 4.69) is 0 Å². The molecule has 4 heteroatoms. The van der Waals surface area contributed by atoms with Crippen molar-refractivity contribution in [1.29, 1.82) is 0 Å². The molecule has 0 amide bonds. The van der Waals surface area contributed by atoms with E-state index in [9.17, 15) is 0 Å². The fourth-order valence-electron chi connectivity index (χ4n) is 1.21. The predicted octanol–water partition coefficient (Wildman–Crippen LogP) is 4.93. The van der Waals surface area contributed by atoms with Gasteiger partial charge >= 0.3 is 0 Å². The minimum Gasteiger partial charge on any atom is -0.144 e. The first-order chi connectivity index (χ1) is 6.24. The minimum atomic E-state index is 0.743. The highest BCUT2D eigenvalue weighted by atomic mass is 35.5. The lowest BCUT2D eigenvalue weighted by Crippen LogP contribution is -1.76. The number of hydrogen-bond acceptors (Lipinski definition) is 2. The summed E-state index contributed by atoms with van der Waals surface area (Å²) in [6, 6.07) is 4.00. The summed E-state index contributed by atoms with van der Waals surface area (Å²) in [4.78, 5) is 0.967. The molecule has 0 aliphatic heterocycles. The van der Waals surface area contributed by atoms with Gasteiger partial charge in [-0.1, -0.05) is 23.2 Å². The first-order valence-electron chi connectivity index (χ1n) is 3.63. The Hall–Kier alpha value is 0.110. The van der Waals surface area contributed by atoms with E-state index in [4.69, 9.17) is 23.2 Å². The van der Waals surface area contributed by atoms with Gasteiger partial charge in [0, 0.05) is 15.0 Å². The predicted molar refractivity (Wildman–Crippen MR) is 63.6 cm³/mol. The van der Waals surface area contributed by atoms with Crippen LogP contribution in [0.1, 0.15) is 0 Å². The van der Waals surface area contributed by atoms with Crippen LogP contribution in [0.15, 0.2) is 22.4 Å². The second-order valence-corrected chi connectivity index (χ2v) is 5.09. The molecule has 13 heavy (non-hydrogen) atoms. The number of rotatable bonds is 1. The standard InChI is InChI=1S/C9H6Cl2S2/c1-12-9-6(10)4-7-5(8(9)11)2-3-13-7/h2-4H,1H3. The van der Waals surface area contributed by atoms with Crippen LogP contribution in [0.3, 0.4) is 0 Å². The Labute approximate surface area is 94.8 Å². The van der Waals surface area contributed by atoms with Crippen molar-refractivity contribution < 1.29 is 0 Å². The highest BCUT2D eigenvalue weighted by molar-refractivity contribution is 7.98. The van der Waals surface area contributed by atoms with Crippen molar-refractivity contribution in [3.63, 3.8) is 0 Å². The van der Waals surface area contributed by atoms with Crippen LogP contribution in [-0.4, -0.2) is 6.26 Å². The Morgan fingerprint density at radius 2 is 2.15 bits per heavy atom. The third-order valence-electron chi connectivity index (χ3n) is 1.81. The first-order valence-corrected chi connectivity index (χ1v) is 6.49. The summed E-state index contributed by atoms with van der Waals surface area (Å²) < 4.78 is 1.15. The maximum absolute atomic E-state index is 6.19. The van der Waals surface area contributed by atoms with Crippen molar-refractivity contribution in [1.82, 2.24) is 0 Å². The second kappa shape index (κ2) is 3.70. The van der Waals surface area contributed by atoms with E-state index in [0.29, 0.717) is 0 Å². The largest absolute Gasteiger partial charge is 0.144 e. The lowest BCUT2D eigenvalue weighted by atomic mass is 10.3. The fraction of sp³-hybridized carbons (Fsp3) is 0.111. The topological polar surface area (TPSA) is 0 Å². The van der Waals surface area contributed by atoms with Gasteiger partial charge in [0.15, 0.2) is 0 Å². The van der Waals surface area contributed by atoms with E-state index in [1.807, 2.05) is 23.8 Å². The highest BCUT2D eigenvalue weighted by Crippen LogP contribution is 2.40. The molecule has 2 rings (SSSR count). The Balaban J connectivity index is 2.85. The van der Waals surface area contributed by atoms with Crippen molar-refractivity contribution >= 4 is 56.4 Å². The van der Waals surface area contributed by atoms with Gasteiger partial charge in [-0.2, -0.15) is 0 Å². The van der Waals surface area contributed by atoms with Crippen LogP contribution < -0.4 is 0 Å². The number of thioether (sulfide) groups is 1. The Kier molecular flexibility index (Phi) is 2.75. The van der Waals surface area contributed by atoms with Crippen LogP contribution in [0.5, 0.6) is 0 Å². The minimum absolute atomic E-state index is 0.743. The van der Waals surface area contributed by atoms with Gasteiger partial charge in [0.1, 0.15) is 0 Å². The molecule has 0 saturated heterocycles. The summed E-state index contributed by atoms with van der Waals surface area (Å²) in [7, 11) is 0. The molecule has 0 nitrogen and oxygen atoms in total. The molecule has 0 atom stereocenters. The average molecular weight is 249 g/mol. The van der Waals surface area contributed by atoms with E-state index in [1.165, 1.54) is 0 Å². The summed E-state index contributed by atoms with van der Waals surface area (Å²) in [5.41, 5.74) is 0. The van der Waals surface area contributed by atoms with Crippen LogP contribution in [0.25, 0.3) is 10.1 Å². The molecule has 2 aromatic rings. The molecule has 0 aliphatic carbocycles. The van der Waals surface area contributed by atoms with Crippen molar-refractivity contribution in [2.75, 3.05) is 6.26 Å². The zero-order chi connectivity index (χ0) is 9.42. The lowest BCUT2D eigenvalue weighted by molar-refractivity contribution is 1.52. The molecule has 0 N–H and O–H groups in total. The fourth-order valence-corrected chi connectivity index (χ4v) is 3.69. The van der Waals surface area contributed by atoms with Gasteiger partial charge in [0.25, 0.3) is 0 Å². The number of hydrogen-bond donors (Lipinski definition) is 0. The zero-order valence-corrected chi connectivity index (χ0v) is 9.95. The van der Waals surface area contributed by atoms with Gasteiger partial charge in [-0.25, -0.2) is 0 Å². The third-order valence-corrected chi connectivity index (χ3v) is 4.42. The van der Waals surface area contributed by atoms with Crippen molar-refractivity contribution in [2.45, 2.75) is 4.90 Å². The first kappa shape index (κ1) is 9.66. The average Bonchev–Trinajstić information content (AvgIpc) is 2.53. The maximum Gasteiger partial charge on any atom is 0.0643 e. The molecule has 0 radical (unpaired) electrons. The third kappa shape index (κ3) is 1.57. The normalized spacial score (nSPS) is 11.0. The number of halogens is 2. The molecule has 0 spiro atoms. The monoisotopic (exact) mass is 248 g/mol. The molecule has 0 bridgehead atoms. The van der Waals surface area contributed by atoms with E-state index in [-0.39, 0.29) is 0 Å². The summed E-state index contributed by atoms with van der Waals surface area (Å²) in [5, 5.41) is 4.64. The molecule has 1 heterocycles. The van der Waals surface area contributed by atoms with Crippen LogP contribution in [0.4, 0.5) is 0 Å². The van der Waals surface area contributed by atoms with Crippen molar-refractivity contribution in [3.05, 3.63) is 27.6 Å². The molecular weight excluding hydrogens is 243 g/mol. The molecule has 0 aliphatic rings. The molecule has 0 unspecified atom stereocenters. The van der Waals surface area contributed by atoms with Crippen LogP contribution in [-0.2, 0) is 0 Å². The van der Waals surface area contributed by atoms with Gasteiger partial charge in [-0.3, -0.25) is 0 Å².